The van der Waals surface area contributed by atoms with Crippen molar-refractivity contribution < 1.29 is 14.4 Å². The first-order chi connectivity index (χ1) is 7.00. The first kappa shape index (κ1) is 10.2. The minimum absolute atomic E-state index is 0.0206. The molecular formula is C10H10NO3P. The Labute approximate surface area is 86.5 Å². The average Bonchev–Trinajstić information content (AvgIpc) is 2.16. The fraction of sp³-hybridized carbons (Fsp3) is 0. The highest BCUT2D eigenvalue weighted by Crippen LogP contribution is 2.37. The Morgan fingerprint density at radius 2 is 1.60 bits per heavy atom. The number of fused-ring (bicyclic) bond motifs is 1. The average molecular weight is 223 g/mol. The number of anilines is 1. The maximum absolute atomic E-state index is 11.2. The van der Waals surface area contributed by atoms with Gasteiger partial charge in [0, 0.05) is 11.1 Å². The molecule has 0 fully saturated rings. The second-order valence-corrected chi connectivity index (χ2v) is 4.83. The molecule has 0 aliphatic heterocycles. The van der Waals surface area contributed by atoms with Crippen molar-refractivity contribution in [2.24, 2.45) is 0 Å². The third kappa shape index (κ3) is 1.75. The van der Waals surface area contributed by atoms with Gasteiger partial charge in [0.05, 0.1) is 5.30 Å². The van der Waals surface area contributed by atoms with Crippen LogP contribution in [0.15, 0.2) is 36.4 Å². The molecule has 2 aromatic carbocycles. The molecule has 4 nitrogen and oxygen atoms in total. The Bertz CT molecular complexity index is 562. The van der Waals surface area contributed by atoms with E-state index in [4.69, 9.17) is 15.5 Å². The third-order valence-corrected chi connectivity index (χ3v) is 3.26. The summed E-state index contributed by atoms with van der Waals surface area (Å²) in [6, 6.07) is 9.78. The van der Waals surface area contributed by atoms with E-state index in [1.54, 1.807) is 30.3 Å². The van der Waals surface area contributed by atoms with Crippen molar-refractivity contribution in [1.82, 2.24) is 0 Å². The van der Waals surface area contributed by atoms with Crippen LogP contribution in [0.5, 0.6) is 0 Å². The summed E-state index contributed by atoms with van der Waals surface area (Å²) < 4.78 is 11.2. The summed E-state index contributed by atoms with van der Waals surface area (Å²) >= 11 is 0. The van der Waals surface area contributed by atoms with Gasteiger partial charge in [-0.25, -0.2) is 0 Å². The Kier molecular flexibility index (Phi) is 2.27. The van der Waals surface area contributed by atoms with Gasteiger partial charge in [0.25, 0.3) is 0 Å². The molecule has 4 N–H and O–H groups in total. The zero-order chi connectivity index (χ0) is 11.1. The molecule has 0 atom stereocenters. The topological polar surface area (TPSA) is 83.6 Å². The molecule has 2 aromatic rings. The Hall–Kier alpha value is -1.35. The molecule has 0 spiro atoms. The second kappa shape index (κ2) is 3.35. The molecule has 0 aliphatic carbocycles. The van der Waals surface area contributed by atoms with Gasteiger partial charge in [-0.05, 0) is 17.5 Å². The lowest BCUT2D eigenvalue weighted by Crippen LogP contribution is -2.05. The smallest absolute Gasteiger partial charge is 0.356 e. The van der Waals surface area contributed by atoms with Crippen LogP contribution >= 0.6 is 7.60 Å². The SMILES string of the molecule is Nc1cccc2c(P(=O)(O)O)cccc12. The zero-order valence-electron chi connectivity index (χ0n) is 7.79. The van der Waals surface area contributed by atoms with Crippen LogP contribution < -0.4 is 11.0 Å². The molecule has 5 heteroatoms. The van der Waals surface area contributed by atoms with Gasteiger partial charge in [0.1, 0.15) is 0 Å². The lowest BCUT2D eigenvalue weighted by Gasteiger charge is -2.09. The molecule has 0 unspecified atom stereocenters. The van der Waals surface area contributed by atoms with Crippen LogP contribution in [0, 0.1) is 0 Å². The zero-order valence-corrected chi connectivity index (χ0v) is 8.69. The minimum Gasteiger partial charge on any atom is -0.398 e. The molecule has 15 heavy (non-hydrogen) atoms. The van der Waals surface area contributed by atoms with Crippen LogP contribution in [0.2, 0.25) is 0 Å². The quantitative estimate of drug-likeness (QED) is 0.501. The third-order valence-electron chi connectivity index (χ3n) is 2.25. The van der Waals surface area contributed by atoms with Gasteiger partial charge in [-0.15, -0.1) is 0 Å². The van der Waals surface area contributed by atoms with Crippen LogP contribution in [-0.2, 0) is 4.57 Å². The maximum atomic E-state index is 11.2. The van der Waals surface area contributed by atoms with Crippen LogP contribution in [0.25, 0.3) is 10.8 Å². The van der Waals surface area contributed by atoms with E-state index < -0.39 is 7.60 Å². The lowest BCUT2D eigenvalue weighted by atomic mass is 10.1. The number of benzene rings is 2. The molecule has 0 bridgehead atoms. The number of hydrogen-bond donors (Lipinski definition) is 3. The monoisotopic (exact) mass is 223 g/mol. The highest BCUT2D eigenvalue weighted by molar-refractivity contribution is 7.60. The Morgan fingerprint density at radius 1 is 1.00 bits per heavy atom. The predicted molar refractivity (Wildman–Crippen MR) is 60.0 cm³/mol. The van der Waals surface area contributed by atoms with E-state index in [2.05, 4.69) is 0 Å². The van der Waals surface area contributed by atoms with Crippen molar-refractivity contribution >= 4 is 29.4 Å². The molecule has 78 valence electrons. The van der Waals surface area contributed by atoms with Crippen molar-refractivity contribution in [2.75, 3.05) is 5.73 Å². The van der Waals surface area contributed by atoms with E-state index in [0.29, 0.717) is 16.5 Å². The van der Waals surface area contributed by atoms with Crippen LogP contribution in [0.1, 0.15) is 0 Å². The van der Waals surface area contributed by atoms with E-state index in [1.165, 1.54) is 6.07 Å². The molecule has 0 amide bonds. The van der Waals surface area contributed by atoms with Gasteiger partial charge >= 0.3 is 7.60 Å². The summed E-state index contributed by atoms with van der Waals surface area (Å²) in [5, 5.41) is 1.19. The second-order valence-electron chi connectivity index (χ2n) is 3.26. The van der Waals surface area contributed by atoms with Gasteiger partial charge in [0.2, 0.25) is 0 Å². The van der Waals surface area contributed by atoms with Crippen molar-refractivity contribution in [2.45, 2.75) is 0 Å². The highest BCUT2D eigenvalue weighted by Gasteiger charge is 2.19. The van der Waals surface area contributed by atoms with E-state index in [9.17, 15) is 4.57 Å². The highest BCUT2D eigenvalue weighted by atomic mass is 31.2. The number of nitrogen functional groups attached to an aromatic ring is 1. The van der Waals surface area contributed by atoms with E-state index in [-0.39, 0.29) is 5.30 Å². The molecule has 0 heterocycles. The van der Waals surface area contributed by atoms with Crippen molar-refractivity contribution in [1.29, 1.82) is 0 Å². The summed E-state index contributed by atoms with van der Waals surface area (Å²) in [6.45, 7) is 0. The van der Waals surface area contributed by atoms with E-state index in [0.717, 1.165) is 0 Å². The summed E-state index contributed by atoms with van der Waals surface area (Å²) in [5.74, 6) is 0. The van der Waals surface area contributed by atoms with Gasteiger partial charge in [-0.3, -0.25) is 4.57 Å². The lowest BCUT2D eigenvalue weighted by molar-refractivity contribution is 0.388. The van der Waals surface area contributed by atoms with Crippen molar-refractivity contribution in [3.63, 3.8) is 0 Å². The van der Waals surface area contributed by atoms with Crippen LogP contribution in [0.4, 0.5) is 5.69 Å². The van der Waals surface area contributed by atoms with Gasteiger partial charge in [-0.1, -0.05) is 24.3 Å². The summed E-state index contributed by atoms with van der Waals surface area (Å²) in [7, 11) is -4.24. The standard InChI is InChI=1S/C10H10NO3P/c11-9-5-1-4-8-7(9)3-2-6-10(8)15(12,13)14/h1-6H,11H2,(H2,12,13,14). The molecule has 0 saturated heterocycles. The minimum atomic E-state index is -4.24. The number of nitrogens with two attached hydrogens (primary N) is 1. The first-order valence-electron chi connectivity index (χ1n) is 4.33. The molecule has 0 saturated carbocycles. The maximum Gasteiger partial charge on any atom is 0.356 e. The van der Waals surface area contributed by atoms with Crippen molar-refractivity contribution in [3.8, 4) is 0 Å². The summed E-state index contributed by atoms with van der Waals surface area (Å²) in [4.78, 5) is 18.3. The number of hydrogen-bond acceptors (Lipinski definition) is 2. The fourth-order valence-corrected chi connectivity index (χ4v) is 2.36. The van der Waals surface area contributed by atoms with Crippen LogP contribution in [0.3, 0.4) is 0 Å². The molecule has 0 aromatic heterocycles. The van der Waals surface area contributed by atoms with Crippen LogP contribution in [-0.4, -0.2) is 9.79 Å². The summed E-state index contributed by atoms with van der Waals surface area (Å²) in [6.07, 6.45) is 0. The van der Waals surface area contributed by atoms with E-state index >= 15 is 0 Å². The Morgan fingerprint density at radius 3 is 2.27 bits per heavy atom. The molecule has 2 rings (SSSR count). The summed E-state index contributed by atoms with van der Waals surface area (Å²) in [5.41, 5.74) is 6.23. The number of rotatable bonds is 1. The van der Waals surface area contributed by atoms with Gasteiger partial charge < -0.3 is 15.5 Å². The van der Waals surface area contributed by atoms with Crippen molar-refractivity contribution in [3.05, 3.63) is 36.4 Å². The van der Waals surface area contributed by atoms with Gasteiger partial charge in [0.15, 0.2) is 0 Å². The normalized spacial score (nSPS) is 11.9. The molecule has 0 radical (unpaired) electrons. The Balaban J connectivity index is 2.89. The van der Waals surface area contributed by atoms with Gasteiger partial charge in [-0.2, -0.15) is 0 Å². The molecule has 0 aliphatic rings. The first-order valence-corrected chi connectivity index (χ1v) is 5.95. The largest absolute Gasteiger partial charge is 0.398 e. The van der Waals surface area contributed by atoms with E-state index in [1.807, 2.05) is 0 Å². The predicted octanol–water partition coefficient (Wildman–Crippen LogP) is 1.22. The fourth-order valence-electron chi connectivity index (χ4n) is 1.57. The molecular weight excluding hydrogens is 213 g/mol.